The zero-order valence-corrected chi connectivity index (χ0v) is 14.8. The third-order valence-corrected chi connectivity index (χ3v) is 4.89. The van der Waals surface area contributed by atoms with Gasteiger partial charge < -0.3 is 10.6 Å². The number of benzene rings is 1. The first kappa shape index (κ1) is 19.3. The molecule has 2 atom stereocenters. The first-order valence-electron chi connectivity index (χ1n) is 7.92. The fourth-order valence-corrected chi connectivity index (χ4v) is 3.68. The van der Waals surface area contributed by atoms with Crippen molar-refractivity contribution in [3.63, 3.8) is 0 Å². The molecule has 0 aliphatic carbocycles. The van der Waals surface area contributed by atoms with E-state index in [4.69, 9.17) is 0 Å². The van der Waals surface area contributed by atoms with Crippen molar-refractivity contribution in [3.05, 3.63) is 35.9 Å². The van der Waals surface area contributed by atoms with Crippen molar-refractivity contribution >= 4 is 30.1 Å². The molecule has 1 fully saturated rings. The predicted molar refractivity (Wildman–Crippen MR) is 98.0 cm³/mol. The highest BCUT2D eigenvalue weighted by atomic mass is 35.5. The Balaban J connectivity index is 0.00000242. The molecule has 1 aliphatic rings. The van der Waals surface area contributed by atoms with Crippen LogP contribution < -0.4 is 10.6 Å². The van der Waals surface area contributed by atoms with E-state index in [1.54, 1.807) is 0 Å². The third kappa shape index (κ3) is 7.03. The Morgan fingerprint density at radius 2 is 2.18 bits per heavy atom. The summed E-state index contributed by atoms with van der Waals surface area (Å²) in [5, 5.41) is 6.65. The molecular weight excluding hydrogens is 316 g/mol. The Morgan fingerprint density at radius 3 is 2.82 bits per heavy atom. The number of halogens is 1. The standard InChI is InChI=1S/C17H26N2OS.ClH/c1-2-6-15(11-14-7-4-3-5-8-14)19-17(20)12-16-13-21-10-9-18-16;/h3-5,7-8,15-16,18H,2,6,9-13H2,1H3,(H,19,20);1H. The fourth-order valence-electron chi connectivity index (χ4n) is 2.73. The van der Waals surface area contributed by atoms with E-state index in [1.165, 1.54) is 5.56 Å². The molecule has 1 aromatic carbocycles. The molecule has 1 aliphatic heterocycles. The largest absolute Gasteiger partial charge is 0.353 e. The van der Waals surface area contributed by atoms with Gasteiger partial charge in [-0.25, -0.2) is 0 Å². The lowest BCUT2D eigenvalue weighted by molar-refractivity contribution is -0.122. The van der Waals surface area contributed by atoms with Gasteiger partial charge in [0.2, 0.25) is 5.91 Å². The van der Waals surface area contributed by atoms with Gasteiger partial charge in [0, 0.05) is 36.6 Å². The smallest absolute Gasteiger partial charge is 0.221 e. The van der Waals surface area contributed by atoms with Gasteiger partial charge in [-0.2, -0.15) is 11.8 Å². The van der Waals surface area contributed by atoms with Crippen LogP contribution in [0.4, 0.5) is 0 Å². The number of carbonyl (C=O) groups excluding carboxylic acids is 1. The maximum atomic E-state index is 12.2. The number of amides is 1. The molecular formula is C17H27ClN2OS. The van der Waals surface area contributed by atoms with Crippen LogP contribution in [0.25, 0.3) is 0 Å². The van der Waals surface area contributed by atoms with Crippen molar-refractivity contribution in [1.82, 2.24) is 10.6 Å². The van der Waals surface area contributed by atoms with Gasteiger partial charge >= 0.3 is 0 Å². The van der Waals surface area contributed by atoms with Crippen LogP contribution in [0.3, 0.4) is 0 Å². The lowest BCUT2D eigenvalue weighted by Gasteiger charge is -2.24. The Kier molecular flexibility index (Phi) is 9.60. The highest BCUT2D eigenvalue weighted by molar-refractivity contribution is 7.99. The second kappa shape index (κ2) is 10.9. The summed E-state index contributed by atoms with van der Waals surface area (Å²) in [4.78, 5) is 12.2. The maximum absolute atomic E-state index is 12.2. The molecule has 2 rings (SSSR count). The summed E-state index contributed by atoms with van der Waals surface area (Å²) in [6.45, 7) is 3.19. The van der Waals surface area contributed by atoms with Gasteiger partial charge in [-0.1, -0.05) is 43.7 Å². The molecule has 1 heterocycles. The van der Waals surface area contributed by atoms with Crippen LogP contribution in [0, 0.1) is 0 Å². The molecule has 1 saturated heterocycles. The second-order valence-corrected chi connectivity index (χ2v) is 6.82. The van der Waals surface area contributed by atoms with Crippen LogP contribution >= 0.6 is 24.2 Å². The average Bonchev–Trinajstić information content (AvgIpc) is 2.49. The monoisotopic (exact) mass is 342 g/mol. The summed E-state index contributed by atoms with van der Waals surface area (Å²) in [7, 11) is 0. The Labute approximate surface area is 144 Å². The molecule has 2 unspecified atom stereocenters. The predicted octanol–water partition coefficient (Wildman–Crippen LogP) is 3.03. The van der Waals surface area contributed by atoms with Gasteiger partial charge in [-0.15, -0.1) is 12.4 Å². The lowest BCUT2D eigenvalue weighted by Crippen LogP contribution is -2.44. The molecule has 1 amide bonds. The first-order valence-corrected chi connectivity index (χ1v) is 9.07. The van der Waals surface area contributed by atoms with Crippen LogP contribution in [0.15, 0.2) is 30.3 Å². The van der Waals surface area contributed by atoms with E-state index in [0.29, 0.717) is 12.5 Å². The van der Waals surface area contributed by atoms with E-state index in [2.05, 4.69) is 41.8 Å². The van der Waals surface area contributed by atoms with Gasteiger partial charge in [0.05, 0.1) is 0 Å². The summed E-state index contributed by atoms with van der Waals surface area (Å²) < 4.78 is 0. The number of carbonyl (C=O) groups is 1. The Hall–Kier alpha value is -0.710. The summed E-state index contributed by atoms with van der Waals surface area (Å²) in [5.41, 5.74) is 1.29. The summed E-state index contributed by atoms with van der Waals surface area (Å²) >= 11 is 1.93. The summed E-state index contributed by atoms with van der Waals surface area (Å²) in [5.74, 6) is 2.39. The third-order valence-electron chi connectivity index (χ3n) is 3.76. The van der Waals surface area contributed by atoms with E-state index in [9.17, 15) is 4.79 Å². The molecule has 0 radical (unpaired) electrons. The zero-order valence-electron chi connectivity index (χ0n) is 13.2. The van der Waals surface area contributed by atoms with Gasteiger partial charge in [-0.05, 0) is 18.4 Å². The Morgan fingerprint density at radius 1 is 1.41 bits per heavy atom. The minimum absolute atomic E-state index is 0. The van der Waals surface area contributed by atoms with Crippen molar-refractivity contribution in [3.8, 4) is 0 Å². The average molecular weight is 343 g/mol. The number of nitrogens with one attached hydrogen (secondary N) is 2. The van der Waals surface area contributed by atoms with E-state index < -0.39 is 0 Å². The van der Waals surface area contributed by atoms with Gasteiger partial charge in [0.15, 0.2) is 0 Å². The van der Waals surface area contributed by atoms with Crippen molar-refractivity contribution in [2.24, 2.45) is 0 Å². The minimum Gasteiger partial charge on any atom is -0.353 e. The molecule has 5 heteroatoms. The van der Waals surface area contributed by atoms with Crippen molar-refractivity contribution in [2.45, 2.75) is 44.7 Å². The van der Waals surface area contributed by atoms with E-state index in [0.717, 1.165) is 37.3 Å². The zero-order chi connectivity index (χ0) is 14.9. The molecule has 0 saturated carbocycles. The molecule has 0 spiro atoms. The van der Waals surface area contributed by atoms with Gasteiger partial charge in [0.1, 0.15) is 0 Å². The van der Waals surface area contributed by atoms with E-state index >= 15 is 0 Å². The highest BCUT2D eigenvalue weighted by Gasteiger charge is 2.19. The Bertz CT molecular complexity index is 424. The number of hydrogen-bond donors (Lipinski definition) is 2. The van der Waals surface area contributed by atoms with Crippen LogP contribution in [0.2, 0.25) is 0 Å². The molecule has 22 heavy (non-hydrogen) atoms. The molecule has 124 valence electrons. The van der Waals surface area contributed by atoms with Crippen molar-refractivity contribution in [2.75, 3.05) is 18.1 Å². The van der Waals surface area contributed by atoms with Crippen LogP contribution in [0.5, 0.6) is 0 Å². The van der Waals surface area contributed by atoms with Crippen LogP contribution in [-0.4, -0.2) is 36.0 Å². The van der Waals surface area contributed by atoms with Crippen LogP contribution in [0.1, 0.15) is 31.7 Å². The molecule has 0 aromatic heterocycles. The van der Waals surface area contributed by atoms with Crippen molar-refractivity contribution < 1.29 is 4.79 Å². The van der Waals surface area contributed by atoms with Gasteiger partial charge in [-0.3, -0.25) is 4.79 Å². The van der Waals surface area contributed by atoms with Gasteiger partial charge in [0.25, 0.3) is 0 Å². The second-order valence-electron chi connectivity index (χ2n) is 5.67. The van der Waals surface area contributed by atoms with E-state index in [1.807, 2.05) is 17.8 Å². The number of thioether (sulfide) groups is 1. The maximum Gasteiger partial charge on any atom is 0.221 e. The number of hydrogen-bond acceptors (Lipinski definition) is 3. The van der Waals surface area contributed by atoms with Crippen molar-refractivity contribution in [1.29, 1.82) is 0 Å². The fraction of sp³-hybridized carbons (Fsp3) is 0.588. The normalized spacial score (nSPS) is 19.0. The summed E-state index contributed by atoms with van der Waals surface area (Å²) in [6, 6.07) is 11.0. The van der Waals surface area contributed by atoms with Crippen LogP contribution in [-0.2, 0) is 11.2 Å². The molecule has 2 N–H and O–H groups in total. The lowest BCUT2D eigenvalue weighted by atomic mass is 10.0. The number of rotatable bonds is 7. The SMILES string of the molecule is CCCC(Cc1ccccc1)NC(=O)CC1CSCCN1.Cl. The molecule has 1 aromatic rings. The molecule has 3 nitrogen and oxygen atoms in total. The minimum atomic E-state index is 0. The molecule has 0 bridgehead atoms. The topological polar surface area (TPSA) is 41.1 Å². The summed E-state index contributed by atoms with van der Waals surface area (Å²) in [6.07, 6.45) is 3.65. The first-order chi connectivity index (χ1) is 10.3. The van der Waals surface area contributed by atoms with E-state index in [-0.39, 0.29) is 24.4 Å². The quantitative estimate of drug-likeness (QED) is 0.800. The highest BCUT2D eigenvalue weighted by Crippen LogP contribution is 2.11.